The molecule has 0 aliphatic heterocycles. The molecule has 3 nitrogen and oxygen atoms in total. The zero-order valence-corrected chi connectivity index (χ0v) is 9.70. The summed E-state index contributed by atoms with van der Waals surface area (Å²) in [5.41, 5.74) is 0. The normalized spacial score (nSPS) is 30.6. The lowest BCUT2D eigenvalue weighted by atomic mass is 9.91. The minimum absolute atomic E-state index is 0.302. The van der Waals surface area contributed by atoms with Crippen LogP contribution in [0.4, 0.5) is 0 Å². The highest BCUT2D eigenvalue weighted by atomic mass is 16.6. The van der Waals surface area contributed by atoms with Crippen LogP contribution < -0.4 is 5.90 Å². The Morgan fingerprint density at radius 3 is 2.36 bits per heavy atom. The molecule has 0 bridgehead atoms. The summed E-state index contributed by atoms with van der Waals surface area (Å²) in [6.45, 7) is 4.54. The van der Waals surface area contributed by atoms with Crippen molar-refractivity contribution < 1.29 is 4.84 Å². The van der Waals surface area contributed by atoms with Gasteiger partial charge in [-0.3, -0.25) is 0 Å². The molecule has 0 aromatic carbocycles. The number of rotatable bonds is 4. The third kappa shape index (κ3) is 2.94. The molecule has 1 aliphatic rings. The van der Waals surface area contributed by atoms with Gasteiger partial charge in [0.2, 0.25) is 0 Å². The second-order valence-electron chi connectivity index (χ2n) is 4.49. The van der Waals surface area contributed by atoms with E-state index in [0.29, 0.717) is 12.1 Å². The van der Waals surface area contributed by atoms with Crippen molar-refractivity contribution in [3.8, 4) is 0 Å². The van der Waals surface area contributed by atoms with Crippen LogP contribution in [0, 0.1) is 0 Å². The Morgan fingerprint density at radius 2 is 1.93 bits per heavy atom. The first-order valence-corrected chi connectivity index (χ1v) is 5.76. The van der Waals surface area contributed by atoms with Gasteiger partial charge in [-0.15, -0.1) is 0 Å². The Bertz CT molecular complexity index is 155. The molecule has 1 atom stereocenters. The smallest absolute Gasteiger partial charge is 0.0788 e. The van der Waals surface area contributed by atoms with Gasteiger partial charge in [0.25, 0.3) is 0 Å². The zero-order valence-electron chi connectivity index (χ0n) is 9.70. The number of nitrogens with two attached hydrogens (primary N) is 1. The Morgan fingerprint density at radius 1 is 1.36 bits per heavy atom. The van der Waals surface area contributed by atoms with E-state index >= 15 is 0 Å². The third-order valence-corrected chi connectivity index (χ3v) is 3.70. The fourth-order valence-corrected chi connectivity index (χ4v) is 2.24. The van der Waals surface area contributed by atoms with Crippen LogP contribution >= 0.6 is 0 Å². The Kier molecular flexibility index (Phi) is 4.85. The molecule has 3 heteroatoms. The molecular weight excluding hydrogens is 176 g/mol. The molecule has 14 heavy (non-hydrogen) atoms. The van der Waals surface area contributed by atoms with Crippen LogP contribution in [0.5, 0.6) is 0 Å². The molecule has 0 radical (unpaired) electrons. The molecule has 0 aromatic heterocycles. The van der Waals surface area contributed by atoms with Crippen LogP contribution in [0.3, 0.4) is 0 Å². The van der Waals surface area contributed by atoms with Gasteiger partial charge >= 0.3 is 0 Å². The maximum atomic E-state index is 5.20. The third-order valence-electron chi connectivity index (χ3n) is 3.70. The van der Waals surface area contributed by atoms with Gasteiger partial charge in [-0.25, -0.2) is 5.90 Å². The molecule has 84 valence electrons. The van der Waals surface area contributed by atoms with Crippen molar-refractivity contribution in [2.45, 2.75) is 64.1 Å². The fourth-order valence-electron chi connectivity index (χ4n) is 2.24. The molecule has 0 aromatic rings. The van der Waals surface area contributed by atoms with Crippen LogP contribution in [0.1, 0.15) is 46.0 Å². The highest BCUT2D eigenvalue weighted by Gasteiger charge is 2.25. The SMILES string of the molecule is CCC(C)N(C)C1CCC(ON)CC1. The molecule has 1 unspecified atom stereocenters. The molecule has 0 amide bonds. The molecule has 1 saturated carbocycles. The van der Waals surface area contributed by atoms with Crippen molar-refractivity contribution in [2.75, 3.05) is 7.05 Å². The quantitative estimate of drug-likeness (QED) is 0.705. The van der Waals surface area contributed by atoms with Crippen molar-refractivity contribution >= 4 is 0 Å². The molecule has 0 spiro atoms. The summed E-state index contributed by atoms with van der Waals surface area (Å²) in [6.07, 6.45) is 6.20. The van der Waals surface area contributed by atoms with Gasteiger partial charge < -0.3 is 9.74 Å². The fraction of sp³-hybridized carbons (Fsp3) is 1.00. The van der Waals surface area contributed by atoms with Crippen LogP contribution in [0.15, 0.2) is 0 Å². The highest BCUT2D eigenvalue weighted by molar-refractivity contribution is 4.80. The maximum Gasteiger partial charge on any atom is 0.0788 e. The average molecular weight is 200 g/mol. The minimum Gasteiger partial charge on any atom is -0.301 e. The van der Waals surface area contributed by atoms with Gasteiger partial charge in [0, 0.05) is 12.1 Å². The number of nitrogens with zero attached hydrogens (tertiary/aromatic N) is 1. The Hall–Kier alpha value is -0.120. The highest BCUT2D eigenvalue weighted by Crippen LogP contribution is 2.25. The molecule has 0 saturated heterocycles. The van der Waals surface area contributed by atoms with E-state index in [9.17, 15) is 0 Å². The van der Waals surface area contributed by atoms with Gasteiger partial charge in [0.1, 0.15) is 0 Å². The molecule has 1 fully saturated rings. The van der Waals surface area contributed by atoms with Gasteiger partial charge in [-0.2, -0.15) is 0 Å². The summed E-state index contributed by atoms with van der Waals surface area (Å²) in [7, 11) is 2.24. The van der Waals surface area contributed by atoms with Crippen LogP contribution in [-0.4, -0.2) is 30.1 Å². The Balaban J connectivity index is 2.33. The molecule has 1 rings (SSSR count). The summed E-state index contributed by atoms with van der Waals surface area (Å²) < 4.78 is 0. The maximum absolute atomic E-state index is 5.20. The predicted octanol–water partition coefficient (Wildman–Crippen LogP) is 1.92. The monoisotopic (exact) mass is 200 g/mol. The first kappa shape index (κ1) is 12.0. The largest absolute Gasteiger partial charge is 0.301 e. The second kappa shape index (κ2) is 5.69. The van der Waals surface area contributed by atoms with E-state index in [1.807, 2.05) is 0 Å². The Labute approximate surface area is 87.6 Å². The van der Waals surface area contributed by atoms with Gasteiger partial charge in [-0.05, 0) is 46.1 Å². The van der Waals surface area contributed by atoms with Crippen LogP contribution in [-0.2, 0) is 4.84 Å². The van der Waals surface area contributed by atoms with E-state index < -0.39 is 0 Å². The van der Waals surface area contributed by atoms with Crippen molar-refractivity contribution in [3.63, 3.8) is 0 Å². The predicted molar refractivity (Wildman–Crippen MR) is 58.8 cm³/mol. The number of hydrogen-bond acceptors (Lipinski definition) is 3. The summed E-state index contributed by atoms with van der Waals surface area (Å²) in [5, 5.41) is 0. The van der Waals surface area contributed by atoms with E-state index in [4.69, 9.17) is 10.7 Å². The lowest BCUT2D eigenvalue weighted by Gasteiger charge is -2.37. The van der Waals surface area contributed by atoms with E-state index in [2.05, 4.69) is 25.8 Å². The average Bonchev–Trinajstić information content (AvgIpc) is 2.27. The lowest BCUT2D eigenvalue weighted by molar-refractivity contribution is 0.00480. The first-order chi connectivity index (χ1) is 6.69. The van der Waals surface area contributed by atoms with Crippen molar-refractivity contribution in [1.29, 1.82) is 0 Å². The molecule has 1 aliphatic carbocycles. The number of hydrogen-bond donors (Lipinski definition) is 1. The van der Waals surface area contributed by atoms with Gasteiger partial charge in [0.15, 0.2) is 0 Å². The zero-order chi connectivity index (χ0) is 10.6. The van der Waals surface area contributed by atoms with Crippen LogP contribution in [0.2, 0.25) is 0 Å². The van der Waals surface area contributed by atoms with Crippen LogP contribution in [0.25, 0.3) is 0 Å². The van der Waals surface area contributed by atoms with Crippen molar-refractivity contribution in [3.05, 3.63) is 0 Å². The van der Waals surface area contributed by atoms with E-state index in [0.717, 1.165) is 18.9 Å². The van der Waals surface area contributed by atoms with E-state index in [1.54, 1.807) is 0 Å². The van der Waals surface area contributed by atoms with E-state index in [1.165, 1.54) is 19.3 Å². The molecular formula is C11H24N2O. The summed E-state index contributed by atoms with van der Waals surface area (Å²) in [6, 6.07) is 1.42. The standard InChI is InChI=1S/C11H24N2O/c1-4-9(2)13(3)10-5-7-11(14-12)8-6-10/h9-11H,4-8,12H2,1-3H3. The van der Waals surface area contributed by atoms with E-state index in [-0.39, 0.29) is 0 Å². The molecule has 0 heterocycles. The van der Waals surface area contributed by atoms with Gasteiger partial charge in [0.05, 0.1) is 6.10 Å². The lowest BCUT2D eigenvalue weighted by Crippen LogP contribution is -2.42. The summed E-state index contributed by atoms with van der Waals surface area (Å²) >= 11 is 0. The minimum atomic E-state index is 0.302. The van der Waals surface area contributed by atoms with Crippen molar-refractivity contribution in [1.82, 2.24) is 4.90 Å². The first-order valence-electron chi connectivity index (χ1n) is 5.76. The molecule has 2 N–H and O–H groups in total. The van der Waals surface area contributed by atoms with Gasteiger partial charge in [-0.1, -0.05) is 6.92 Å². The van der Waals surface area contributed by atoms with Crippen molar-refractivity contribution in [2.24, 2.45) is 5.90 Å². The summed E-state index contributed by atoms with van der Waals surface area (Å²) in [4.78, 5) is 7.39. The summed E-state index contributed by atoms with van der Waals surface area (Å²) in [5.74, 6) is 5.20. The topological polar surface area (TPSA) is 38.5 Å². The second-order valence-corrected chi connectivity index (χ2v) is 4.49.